The number of halogens is 1. The molecule has 0 radical (unpaired) electrons. The van der Waals surface area contributed by atoms with Crippen molar-refractivity contribution >= 4 is 17.4 Å². The van der Waals surface area contributed by atoms with Crippen LogP contribution in [0.25, 0.3) is 11.4 Å². The van der Waals surface area contributed by atoms with Crippen LogP contribution in [-0.2, 0) is 11.2 Å². The molecule has 154 valence electrons. The number of hydrogen-bond donors (Lipinski definition) is 1. The predicted octanol–water partition coefficient (Wildman–Crippen LogP) is 4.70. The zero-order chi connectivity index (χ0) is 20.9. The van der Waals surface area contributed by atoms with Crippen LogP contribution in [0.5, 0.6) is 0 Å². The molecule has 1 aliphatic heterocycles. The molecule has 0 aliphatic carbocycles. The van der Waals surface area contributed by atoms with Gasteiger partial charge in [0, 0.05) is 30.5 Å². The molecule has 1 atom stereocenters. The van der Waals surface area contributed by atoms with Gasteiger partial charge in [0.05, 0.1) is 5.92 Å². The Morgan fingerprint density at radius 1 is 1.13 bits per heavy atom. The van der Waals surface area contributed by atoms with Crippen molar-refractivity contribution in [2.75, 3.05) is 23.3 Å². The van der Waals surface area contributed by atoms with Gasteiger partial charge in [-0.15, -0.1) is 0 Å². The van der Waals surface area contributed by atoms with E-state index in [0.717, 1.165) is 42.9 Å². The second-order valence-electron chi connectivity index (χ2n) is 7.57. The number of rotatable bonds is 5. The maximum Gasteiger partial charge on any atom is 0.229 e. The van der Waals surface area contributed by atoms with Crippen LogP contribution in [0.2, 0.25) is 0 Å². The number of nitrogens with one attached hydrogen (secondary N) is 1. The molecule has 0 unspecified atom stereocenters. The summed E-state index contributed by atoms with van der Waals surface area (Å²) < 4.78 is 13.2. The maximum absolute atomic E-state index is 13.2. The highest BCUT2D eigenvalue weighted by Crippen LogP contribution is 2.25. The summed E-state index contributed by atoms with van der Waals surface area (Å²) in [5.41, 5.74) is 2.84. The van der Waals surface area contributed by atoms with Crippen LogP contribution in [-0.4, -0.2) is 29.0 Å². The lowest BCUT2D eigenvalue weighted by Gasteiger charge is -2.33. The summed E-state index contributed by atoms with van der Waals surface area (Å²) in [5.74, 6) is 0.985. The van der Waals surface area contributed by atoms with Crippen molar-refractivity contribution in [1.82, 2.24) is 9.97 Å². The fourth-order valence-corrected chi connectivity index (χ4v) is 3.73. The highest BCUT2D eigenvalue weighted by molar-refractivity contribution is 5.93. The summed E-state index contributed by atoms with van der Waals surface area (Å²) in [5, 5.41) is 3.04. The van der Waals surface area contributed by atoms with Crippen LogP contribution >= 0.6 is 0 Å². The van der Waals surface area contributed by atoms with E-state index in [0.29, 0.717) is 12.4 Å². The number of anilines is 2. The summed E-state index contributed by atoms with van der Waals surface area (Å²) in [6.07, 6.45) is 4.46. The third kappa shape index (κ3) is 4.64. The molecule has 1 N–H and O–H groups in total. The lowest BCUT2D eigenvalue weighted by molar-refractivity contribution is -0.120. The molecule has 1 aliphatic rings. The van der Waals surface area contributed by atoms with Gasteiger partial charge in [0.1, 0.15) is 11.6 Å². The number of benzene rings is 2. The summed E-state index contributed by atoms with van der Waals surface area (Å²) in [6, 6.07) is 16.0. The Hall–Kier alpha value is -3.28. The number of carbonyl (C=O) groups is 1. The first-order valence-corrected chi connectivity index (χ1v) is 10.4. The molecule has 3 aromatic rings. The number of carbonyl (C=O) groups excluding carboxylic acids is 1. The Labute approximate surface area is 176 Å². The van der Waals surface area contributed by atoms with E-state index in [2.05, 4.69) is 27.1 Å². The molecular formula is C24H25FN4O. The van der Waals surface area contributed by atoms with E-state index in [9.17, 15) is 9.18 Å². The van der Waals surface area contributed by atoms with Gasteiger partial charge in [-0.05, 0) is 67.3 Å². The SMILES string of the molecule is CCc1ccc(NC(=O)[C@@H]2CCCN(c3ccnc(-c4ccc(F)cc4)n3)C2)cc1. The Morgan fingerprint density at radius 2 is 1.90 bits per heavy atom. The molecule has 1 aromatic heterocycles. The fraction of sp³-hybridized carbons (Fsp3) is 0.292. The van der Waals surface area contributed by atoms with E-state index in [-0.39, 0.29) is 17.6 Å². The van der Waals surface area contributed by atoms with E-state index < -0.39 is 0 Å². The lowest BCUT2D eigenvalue weighted by Crippen LogP contribution is -2.41. The monoisotopic (exact) mass is 404 g/mol. The van der Waals surface area contributed by atoms with E-state index in [1.165, 1.54) is 17.7 Å². The van der Waals surface area contributed by atoms with E-state index in [1.54, 1.807) is 18.3 Å². The molecule has 1 amide bonds. The van der Waals surface area contributed by atoms with Crippen LogP contribution in [0.1, 0.15) is 25.3 Å². The molecule has 5 nitrogen and oxygen atoms in total. The van der Waals surface area contributed by atoms with Crippen LogP contribution < -0.4 is 10.2 Å². The molecule has 4 rings (SSSR count). The van der Waals surface area contributed by atoms with Crippen LogP contribution in [0.3, 0.4) is 0 Å². The standard InChI is InChI=1S/C24H25FN4O/c1-2-17-5-11-21(12-6-17)27-24(30)19-4-3-15-29(16-19)22-13-14-26-23(28-22)18-7-9-20(25)10-8-18/h5-14,19H,2-4,15-16H2,1H3,(H,27,30)/t19-/m1/s1. The molecule has 2 heterocycles. The minimum Gasteiger partial charge on any atom is -0.356 e. The summed E-state index contributed by atoms with van der Waals surface area (Å²) in [6.45, 7) is 3.56. The van der Waals surface area contributed by atoms with Gasteiger partial charge < -0.3 is 10.2 Å². The quantitative estimate of drug-likeness (QED) is 0.670. The van der Waals surface area contributed by atoms with Crippen molar-refractivity contribution in [3.8, 4) is 11.4 Å². The van der Waals surface area contributed by atoms with Gasteiger partial charge in [-0.2, -0.15) is 0 Å². The van der Waals surface area contributed by atoms with Gasteiger partial charge in [0.15, 0.2) is 5.82 Å². The first-order chi connectivity index (χ1) is 14.6. The molecule has 0 bridgehead atoms. The smallest absolute Gasteiger partial charge is 0.229 e. The molecule has 1 saturated heterocycles. The summed E-state index contributed by atoms with van der Waals surface area (Å²) in [4.78, 5) is 23.9. The first kappa shape index (κ1) is 20.0. The van der Waals surface area contributed by atoms with Crippen molar-refractivity contribution in [2.45, 2.75) is 26.2 Å². The third-order valence-corrected chi connectivity index (χ3v) is 5.49. The fourth-order valence-electron chi connectivity index (χ4n) is 3.73. The van der Waals surface area contributed by atoms with Crippen molar-refractivity contribution < 1.29 is 9.18 Å². The second-order valence-corrected chi connectivity index (χ2v) is 7.57. The minimum absolute atomic E-state index is 0.0387. The van der Waals surface area contributed by atoms with Gasteiger partial charge in [0.2, 0.25) is 5.91 Å². The van der Waals surface area contributed by atoms with Crippen molar-refractivity contribution in [3.63, 3.8) is 0 Å². The van der Waals surface area contributed by atoms with Gasteiger partial charge in [-0.3, -0.25) is 4.79 Å². The molecule has 30 heavy (non-hydrogen) atoms. The van der Waals surface area contributed by atoms with Gasteiger partial charge >= 0.3 is 0 Å². The molecular weight excluding hydrogens is 379 g/mol. The molecule has 0 saturated carbocycles. The number of amides is 1. The van der Waals surface area contributed by atoms with Gasteiger partial charge in [0.25, 0.3) is 0 Å². The number of aromatic nitrogens is 2. The maximum atomic E-state index is 13.2. The lowest BCUT2D eigenvalue weighted by atomic mass is 9.97. The molecule has 0 spiro atoms. The summed E-state index contributed by atoms with van der Waals surface area (Å²) in [7, 11) is 0. The zero-order valence-electron chi connectivity index (χ0n) is 17.0. The van der Waals surface area contributed by atoms with Crippen LogP contribution in [0.15, 0.2) is 60.8 Å². The Balaban J connectivity index is 1.45. The third-order valence-electron chi connectivity index (χ3n) is 5.49. The highest BCUT2D eigenvalue weighted by atomic mass is 19.1. The van der Waals surface area contributed by atoms with Gasteiger partial charge in [-0.1, -0.05) is 19.1 Å². The topological polar surface area (TPSA) is 58.1 Å². The predicted molar refractivity (Wildman–Crippen MR) is 117 cm³/mol. The van der Waals surface area contributed by atoms with E-state index in [4.69, 9.17) is 0 Å². The largest absolute Gasteiger partial charge is 0.356 e. The number of aryl methyl sites for hydroxylation is 1. The minimum atomic E-state index is -0.288. The number of piperidine rings is 1. The first-order valence-electron chi connectivity index (χ1n) is 10.4. The molecule has 6 heteroatoms. The number of nitrogens with zero attached hydrogens (tertiary/aromatic N) is 3. The van der Waals surface area contributed by atoms with Crippen LogP contribution in [0, 0.1) is 11.7 Å². The normalized spacial score (nSPS) is 16.3. The average Bonchev–Trinajstić information content (AvgIpc) is 2.80. The van der Waals surface area contributed by atoms with E-state index in [1.807, 2.05) is 30.3 Å². The van der Waals surface area contributed by atoms with Crippen LogP contribution in [0.4, 0.5) is 15.9 Å². The highest BCUT2D eigenvalue weighted by Gasteiger charge is 2.27. The molecule has 1 fully saturated rings. The Morgan fingerprint density at radius 3 is 2.63 bits per heavy atom. The average molecular weight is 404 g/mol. The van der Waals surface area contributed by atoms with Crippen molar-refractivity contribution in [2.24, 2.45) is 5.92 Å². The second kappa shape index (κ2) is 9.03. The number of hydrogen-bond acceptors (Lipinski definition) is 4. The Kier molecular flexibility index (Phi) is 6.02. The molecule has 2 aromatic carbocycles. The van der Waals surface area contributed by atoms with Crippen molar-refractivity contribution in [3.05, 3.63) is 72.2 Å². The van der Waals surface area contributed by atoms with E-state index >= 15 is 0 Å². The van der Waals surface area contributed by atoms with Crippen molar-refractivity contribution in [1.29, 1.82) is 0 Å². The summed E-state index contributed by atoms with van der Waals surface area (Å²) >= 11 is 0. The van der Waals surface area contributed by atoms with Gasteiger partial charge in [-0.25, -0.2) is 14.4 Å². The zero-order valence-corrected chi connectivity index (χ0v) is 17.0. The Bertz CT molecular complexity index is 1000.